The van der Waals surface area contributed by atoms with Crippen LogP contribution in [-0.4, -0.2) is 20.9 Å². The van der Waals surface area contributed by atoms with Crippen molar-refractivity contribution in [1.29, 1.82) is 5.26 Å². The van der Waals surface area contributed by atoms with E-state index in [1.807, 2.05) is 19.1 Å². The Morgan fingerprint density at radius 1 is 1.22 bits per heavy atom. The van der Waals surface area contributed by atoms with E-state index in [2.05, 4.69) is 26.8 Å². The largest absolute Gasteiger partial charge is 0.397 e. The number of amides is 1. The van der Waals surface area contributed by atoms with E-state index in [9.17, 15) is 4.79 Å². The van der Waals surface area contributed by atoms with Gasteiger partial charge in [0.1, 0.15) is 11.6 Å². The highest BCUT2D eigenvalue weighted by atomic mass is 16.2. The Balaban J connectivity index is 0.00000102. The van der Waals surface area contributed by atoms with Gasteiger partial charge in [-0.25, -0.2) is 15.2 Å². The van der Waals surface area contributed by atoms with Crippen molar-refractivity contribution in [1.82, 2.24) is 15.0 Å². The number of rotatable bonds is 3. The van der Waals surface area contributed by atoms with E-state index in [1.165, 1.54) is 0 Å². The number of aromatic nitrogens is 3. The number of hydrogen-bond donors (Lipinski definition) is 3. The first-order chi connectivity index (χ1) is 13.0. The average molecular weight is 361 g/mol. The monoisotopic (exact) mass is 361 g/mol. The summed E-state index contributed by atoms with van der Waals surface area (Å²) in [6, 6.07) is 3.72. The minimum atomic E-state index is 0.0185. The first-order valence-corrected chi connectivity index (χ1v) is 8.36. The van der Waals surface area contributed by atoms with Crippen LogP contribution in [0.1, 0.15) is 18.4 Å². The molecule has 136 valence electrons. The number of carbonyl (C=O) groups is 1. The summed E-state index contributed by atoms with van der Waals surface area (Å²) in [6.07, 6.45) is 6.85. The lowest BCUT2D eigenvalue weighted by Crippen LogP contribution is -2.14. The Morgan fingerprint density at radius 2 is 1.96 bits per heavy atom. The predicted octanol–water partition coefficient (Wildman–Crippen LogP) is 2.65. The van der Waals surface area contributed by atoms with Gasteiger partial charge in [0.05, 0.1) is 17.6 Å². The second-order valence-corrected chi connectivity index (χ2v) is 6.35. The van der Waals surface area contributed by atoms with Gasteiger partial charge in [-0.3, -0.25) is 9.78 Å². The quantitative estimate of drug-likeness (QED) is 0.650. The molecule has 0 aromatic carbocycles. The molecule has 1 fully saturated rings. The maximum Gasteiger partial charge on any atom is 0.228 e. The lowest BCUT2D eigenvalue weighted by Gasteiger charge is -2.11. The summed E-state index contributed by atoms with van der Waals surface area (Å²) in [7, 11) is 0. The molecule has 0 saturated heterocycles. The molecule has 0 bridgehead atoms. The summed E-state index contributed by atoms with van der Waals surface area (Å²) in [5, 5.41) is 10.9. The summed E-state index contributed by atoms with van der Waals surface area (Å²) >= 11 is 0. The average Bonchev–Trinajstić information content (AvgIpc) is 3.50. The maximum absolute atomic E-state index is 11.9. The van der Waals surface area contributed by atoms with Gasteiger partial charge in [-0.1, -0.05) is 0 Å². The van der Waals surface area contributed by atoms with Crippen LogP contribution in [0.4, 0.5) is 17.3 Å². The van der Waals surface area contributed by atoms with Crippen molar-refractivity contribution in [3.8, 4) is 17.8 Å². The Labute approximate surface area is 156 Å². The van der Waals surface area contributed by atoms with Crippen molar-refractivity contribution in [3.05, 3.63) is 36.3 Å². The van der Waals surface area contributed by atoms with Gasteiger partial charge >= 0.3 is 0 Å². The van der Waals surface area contributed by atoms with Gasteiger partial charge in [0.2, 0.25) is 5.91 Å². The van der Waals surface area contributed by atoms with Crippen LogP contribution in [0.2, 0.25) is 0 Å². The number of anilines is 3. The first kappa shape index (κ1) is 18.1. The molecule has 0 unspecified atom stereocenters. The third-order valence-electron chi connectivity index (χ3n) is 4.47. The normalized spacial score (nSPS) is 12.9. The minimum absolute atomic E-state index is 0.0185. The molecule has 0 spiro atoms. The van der Waals surface area contributed by atoms with Crippen molar-refractivity contribution < 1.29 is 4.79 Å². The fourth-order valence-corrected chi connectivity index (χ4v) is 2.75. The second-order valence-electron chi connectivity index (χ2n) is 6.35. The second kappa shape index (κ2) is 7.25. The Hall–Kier alpha value is -3.73. The summed E-state index contributed by atoms with van der Waals surface area (Å²) in [5.74, 6) is 1.03. The number of nitriles is 1. The third-order valence-corrected chi connectivity index (χ3v) is 4.47. The molecule has 3 heterocycles. The molecule has 5 N–H and O–H groups in total. The van der Waals surface area contributed by atoms with Gasteiger partial charge in [0.15, 0.2) is 0 Å². The van der Waals surface area contributed by atoms with Gasteiger partial charge in [0.25, 0.3) is 0 Å². The number of nitrogens with zero attached hydrogens (tertiary/aromatic N) is 4. The van der Waals surface area contributed by atoms with Crippen LogP contribution in [0.15, 0.2) is 30.7 Å². The Kier molecular flexibility index (Phi) is 4.86. The van der Waals surface area contributed by atoms with E-state index in [4.69, 9.17) is 16.7 Å². The molecule has 1 aliphatic carbocycles. The highest BCUT2D eigenvalue weighted by molar-refractivity contribution is 5.98. The Morgan fingerprint density at radius 3 is 2.67 bits per heavy atom. The number of carbonyl (C=O) groups excluding carboxylic acids is 1. The SMILES string of the molecule is C#N.Cc1c(N)cncc1-c1cc2cc(NC(=O)C3CC3)ncc2c(N)n1. The lowest BCUT2D eigenvalue weighted by molar-refractivity contribution is -0.117. The number of hydrogen-bond acceptors (Lipinski definition) is 7. The van der Waals surface area contributed by atoms with Crippen LogP contribution >= 0.6 is 0 Å². The number of pyridine rings is 3. The highest BCUT2D eigenvalue weighted by Gasteiger charge is 2.29. The van der Waals surface area contributed by atoms with E-state index in [0.29, 0.717) is 23.0 Å². The minimum Gasteiger partial charge on any atom is -0.397 e. The van der Waals surface area contributed by atoms with E-state index >= 15 is 0 Å². The number of nitrogens with one attached hydrogen (secondary N) is 1. The summed E-state index contributed by atoms with van der Waals surface area (Å²) in [6.45, 7) is 5.42. The van der Waals surface area contributed by atoms with Crippen molar-refractivity contribution >= 4 is 34.0 Å². The lowest BCUT2D eigenvalue weighted by atomic mass is 10.0. The van der Waals surface area contributed by atoms with E-state index < -0.39 is 0 Å². The third kappa shape index (κ3) is 3.62. The molecule has 1 aliphatic rings. The molecular weight excluding hydrogens is 342 g/mol. The van der Waals surface area contributed by atoms with E-state index in [1.54, 1.807) is 18.6 Å². The zero-order chi connectivity index (χ0) is 19.6. The van der Waals surface area contributed by atoms with Crippen molar-refractivity contribution in [3.63, 3.8) is 0 Å². The standard InChI is InChI=1S/C18H18N6O.CHN/c1-9-12(6-21-8-14(9)19)15-4-11-5-16(24-18(25)10-2-3-10)22-7-13(11)17(20)23-15;1-2/h4-8,10H,2-3,19H2,1H3,(H2,20,23)(H,22,24,25);1H. The number of fused-ring (bicyclic) bond motifs is 1. The van der Waals surface area contributed by atoms with Crippen molar-refractivity contribution in [2.75, 3.05) is 16.8 Å². The van der Waals surface area contributed by atoms with Crippen LogP contribution in [0.5, 0.6) is 0 Å². The van der Waals surface area contributed by atoms with Crippen LogP contribution < -0.4 is 16.8 Å². The Bertz CT molecular complexity index is 1040. The predicted molar refractivity (Wildman–Crippen MR) is 104 cm³/mol. The molecule has 0 atom stereocenters. The summed E-state index contributed by atoms with van der Waals surface area (Å²) in [5.41, 5.74) is 15.1. The topological polar surface area (TPSA) is 144 Å². The molecule has 8 heteroatoms. The molecule has 1 saturated carbocycles. The molecule has 8 nitrogen and oxygen atoms in total. The molecule has 3 aromatic rings. The molecular formula is C19H19N7O. The van der Waals surface area contributed by atoms with Gasteiger partial charge in [0, 0.05) is 35.8 Å². The van der Waals surface area contributed by atoms with Crippen molar-refractivity contribution in [2.45, 2.75) is 19.8 Å². The number of nitrogen functional groups attached to an aromatic ring is 2. The van der Waals surface area contributed by atoms with Crippen LogP contribution in [-0.2, 0) is 4.79 Å². The smallest absolute Gasteiger partial charge is 0.228 e. The zero-order valence-electron chi connectivity index (χ0n) is 14.8. The maximum atomic E-state index is 11.9. The van der Waals surface area contributed by atoms with Gasteiger partial charge < -0.3 is 16.8 Å². The molecule has 4 rings (SSSR count). The first-order valence-electron chi connectivity index (χ1n) is 8.36. The van der Waals surface area contributed by atoms with Crippen molar-refractivity contribution in [2.24, 2.45) is 5.92 Å². The molecule has 0 aliphatic heterocycles. The number of nitrogens with two attached hydrogens (primary N) is 2. The van der Waals surface area contributed by atoms with Gasteiger partial charge in [-0.15, -0.1) is 0 Å². The fourth-order valence-electron chi connectivity index (χ4n) is 2.75. The van der Waals surface area contributed by atoms with E-state index in [-0.39, 0.29) is 11.8 Å². The summed E-state index contributed by atoms with van der Waals surface area (Å²) in [4.78, 5) is 24.8. The van der Waals surface area contributed by atoms with E-state index in [0.717, 1.165) is 34.7 Å². The molecule has 1 amide bonds. The summed E-state index contributed by atoms with van der Waals surface area (Å²) < 4.78 is 0. The molecule has 0 radical (unpaired) electrons. The fraction of sp³-hybridized carbons (Fsp3) is 0.211. The van der Waals surface area contributed by atoms with Crippen LogP contribution in [0, 0.1) is 24.7 Å². The van der Waals surface area contributed by atoms with Gasteiger partial charge in [-0.2, -0.15) is 0 Å². The highest BCUT2D eigenvalue weighted by Crippen LogP contribution is 2.32. The zero-order valence-corrected chi connectivity index (χ0v) is 14.8. The van der Waals surface area contributed by atoms with Crippen LogP contribution in [0.25, 0.3) is 22.0 Å². The van der Waals surface area contributed by atoms with Crippen LogP contribution in [0.3, 0.4) is 0 Å². The van der Waals surface area contributed by atoms with Gasteiger partial charge in [-0.05, 0) is 42.8 Å². The molecule has 3 aromatic heterocycles. The molecule has 27 heavy (non-hydrogen) atoms.